The number of thiazole rings is 1. The van der Waals surface area contributed by atoms with Gasteiger partial charge in [-0.05, 0) is 102 Å². The van der Waals surface area contributed by atoms with Crippen LogP contribution < -0.4 is 20.1 Å². The number of likely N-dealkylation sites (N-methyl/N-ethyl adjacent to an activating group) is 1. The van der Waals surface area contributed by atoms with Crippen molar-refractivity contribution in [3.05, 3.63) is 111 Å². The fraction of sp³-hybridized carbons (Fsp3) is 0.388. The molecule has 1 aliphatic rings. The molecule has 19 nitrogen and oxygen atoms in total. The zero-order valence-electron chi connectivity index (χ0n) is 40.3. The smallest absolute Gasteiger partial charge is 0.407 e. The first kappa shape index (κ1) is 51.8. The van der Waals surface area contributed by atoms with Crippen molar-refractivity contribution in [3.8, 4) is 11.5 Å². The van der Waals surface area contributed by atoms with Gasteiger partial charge >= 0.3 is 6.09 Å². The molecular weight excluding hydrogens is 958 g/mol. The summed E-state index contributed by atoms with van der Waals surface area (Å²) in [5, 5.41) is 25.3. The molecule has 3 atom stereocenters. The highest BCUT2D eigenvalue weighted by atomic mass is 32.2. The number of nitrogens with one attached hydrogen (secondary N) is 3. The number of benzene rings is 3. The van der Waals surface area contributed by atoms with Crippen LogP contribution in [0.15, 0.2) is 77.3 Å². The number of carbonyl (C=O) groups is 4. The van der Waals surface area contributed by atoms with Gasteiger partial charge in [0, 0.05) is 53.7 Å². The average molecular weight is 1010 g/mol. The Hall–Kier alpha value is -7.04. The number of hydrogen-bond acceptors (Lipinski definition) is 15. The largest absolute Gasteiger partial charge is 0.491 e. The normalized spacial score (nSPS) is 14.8. The third-order valence-corrected chi connectivity index (χ3v) is 15.6. The molecule has 6 aromatic rings. The van der Waals surface area contributed by atoms with E-state index >= 15 is 0 Å². The summed E-state index contributed by atoms with van der Waals surface area (Å²) in [4.78, 5) is 68.4. The predicted molar refractivity (Wildman–Crippen MR) is 263 cm³/mol. The van der Waals surface area contributed by atoms with E-state index in [1.807, 2.05) is 13.8 Å². The number of likely N-dealkylation sites (tertiary alicyclic amines) is 1. The predicted octanol–water partition coefficient (Wildman–Crippen LogP) is 6.98. The number of rotatable bonds is 20. The van der Waals surface area contributed by atoms with Crippen molar-refractivity contribution in [2.75, 3.05) is 45.3 Å². The van der Waals surface area contributed by atoms with Crippen molar-refractivity contribution in [3.63, 3.8) is 0 Å². The first-order valence-corrected chi connectivity index (χ1v) is 25.2. The molecule has 376 valence electrons. The Kier molecular flexibility index (Phi) is 16.0. The zero-order valence-corrected chi connectivity index (χ0v) is 41.9. The summed E-state index contributed by atoms with van der Waals surface area (Å²) in [6.07, 6.45) is 1.35. The van der Waals surface area contributed by atoms with Gasteiger partial charge in [0.05, 0.1) is 29.5 Å². The van der Waals surface area contributed by atoms with Gasteiger partial charge in [-0.2, -0.15) is 5.10 Å². The molecule has 71 heavy (non-hydrogen) atoms. The van der Waals surface area contributed by atoms with Crippen molar-refractivity contribution in [1.29, 1.82) is 0 Å². The fourth-order valence-electron chi connectivity index (χ4n) is 7.64. The second-order valence-corrected chi connectivity index (χ2v) is 21.5. The van der Waals surface area contributed by atoms with Gasteiger partial charge in [-0.1, -0.05) is 12.1 Å². The van der Waals surface area contributed by atoms with E-state index in [-0.39, 0.29) is 60.5 Å². The molecule has 1 aliphatic heterocycles. The SMILES string of the molecule is Cc1[nH]nc(Nc2ncnc3cc(OCCOCCOc4ccc(C[C@H](NC(=O)[C@H](C)N(C)C(=O)O)C(=O)N5CCC[C@H]5c5nc(C(=O)c6ccc(F)cc6)cs5)cc4)c(S(=O)(=O)C(C)(C)C)cc23)c1C. The summed E-state index contributed by atoms with van der Waals surface area (Å²) in [7, 11) is -2.63. The maximum Gasteiger partial charge on any atom is 0.407 e. The van der Waals surface area contributed by atoms with Gasteiger partial charge in [0.25, 0.3) is 0 Å². The van der Waals surface area contributed by atoms with E-state index in [2.05, 4.69) is 35.8 Å². The Morgan fingerprint density at radius 2 is 1.69 bits per heavy atom. The molecule has 7 rings (SSSR count). The number of ether oxygens (including phenoxy) is 3. The van der Waals surface area contributed by atoms with E-state index in [4.69, 9.17) is 14.2 Å². The number of ketones is 1. The first-order chi connectivity index (χ1) is 33.7. The molecular formula is C49H56FN9O10S2. The summed E-state index contributed by atoms with van der Waals surface area (Å²) in [5.74, 6) is -0.326. The Balaban J connectivity index is 0.961. The van der Waals surface area contributed by atoms with E-state index in [0.29, 0.717) is 58.2 Å². The number of nitrogens with zero attached hydrogens (tertiary/aromatic N) is 6. The number of fused-ring (bicyclic) bond motifs is 1. The van der Waals surface area contributed by atoms with Crippen LogP contribution in [-0.2, 0) is 30.6 Å². The van der Waals surface area contributed by atoms with E-state index in [9.17, 15) is 37.1 Å². The van der Waals surface area contributed by atoms with E-state index in [1.54, 1.807) is 61.4 Å². The van der Waals surface area contributed by atoms with E-state index < -0.39 is 56.4 Å². The van der Waals surface area contributed by atoms with Crippen LogP contribution in [0, 0.1) is 19.7 Å². The van der Waals surface area contributed by atoms with Crippen LogP contribution in [0.5, 0.6) is 11.5 Å². The number of aromatic amines is 1. The van der Waals surface area contributed by atoms with Gasteiger partial charge in [-0.25, -0.2) is 32.6 Å². The molecule has 22 heteroatoms. The number of aryl methyl sites for hydroxylation is 1. The molecule has 0 unspecified atom stereocenters. The lowest BCUT2D eigenvalue weighted by Crippen LogP contribution is -2.54. The topological polar surface area (TPSA) is 248 Å². The minimum atomic E-state index is -3.90. The molecule has 0 saturated carbocycles. The second kappa shape index (κ2) is 21.9. The number of amides is 3. The molecule has 3 aromatic carbocycles. The lowest BCUT2D eigenvalue weighted by Gasteiger charge is -2.30. The monoisotopic (exact) mass is 1010 g/mol. The fourth-order valence-corrected chi connectivity index (χ4v) is 9.90. The molecule has 1 saturated heterocycles. The van der Waals surface area contributed by atoms with Crippen LogP contribution in [0.2, 0.25) is 0 Å². The molecule has 0 aliphatic carbocycles. The van der Waals surface area contributed by atoms with Crippen molar-refractivity contribution in [2.45, 2.75) is 88.6 Å². The minimum absolute atomic E-state index is 0.0143. The van der Waals surface area contributed by atoms with Gasteiger partial charge in [-0.3, -0.25) is 24.4 Å². The van der Waals surface area contributed by atoms with Gasteiger partial charge in [0.15, 0.2) is 15.7 Å². The molecule has 4 heterocycles. The maximum atomic E-state index is 14.4. The molecule has 3 aromatic heterocycles. The number of carbonyl (C=O) groups excluding carboxylic acids is 3. The van der Waals surface area contributed by atoms with Crippen LogP contribution in [0.25, 0.3) is 10.9 Å². The lowest BCUT2D eigenvalue weighted by molar-refractivity contribution is -0.138. The summed E-state index contributed by atoms with van der Waals surface area (Å²) < 4.78 is 57.8. The third-order valence-electron chi connectivity index (χ3n) is 12.2. The quantitative estimate of drug-likeness (QED) is 0.0445. The third kappa shape index (κ3) is 11.9. The average Bonchev–Trinajstić information content (AvgIpc) is 4.11. The maximum absolute atomic E-state index is 14.4. The van der Waals surface area contributed by atoms with Crippen LogP contribution in [0.4, 0.5) is 20.8 Å². The van der Waals surface area contributed by atoms with Gasteiger partial charge in [-0.15, -0.1) is 11.3 Å². The zero-order chi connectivity index (χ0) is 51.2. The Labute approximate surface area is 414 Å². The van der Waals surface area contributed by atoms with Crippen LogP contribution >= 0.6 is 11.3 Å². The van der Waals surface area contributed by atoms with Crippen LogP contribution in [0.3, 0.4) is 0 Å². The highest BCUT2D eigenvalue weighted by molar-refractivity contribution is 7.92. The number of H-pyrrole nitrogens is 1. The van der Waals surface area contributed by atoms with E-state index in [1.165, 1.54) is 62.0 Å². The molecule has 1 fully saturated rings. The molecule has 0 bridgehead atoms. The number of sulfone groups is 1. The summed E-state index contributed by atoms with van der Waals surface area (Å²) in [5.41, 5.74) is 3.36. The van der Waals surface area contributed by atoms with Crippen molar-refractivity contribution >= 4 is 67.4 Å². The number of anilines is 2. The molecule has 0 radical (unpaired) electrons. The number of carboxylic acid groups (broad SMARTS) is 1. The molecule has 3 amide bonds. The Morgan fingerprint density at radius 1 is 0.986 bits per heavy atom. The van der Waals surface area contributed by atoms with Gasteiger partial charge in [0.2, 0.25) is 17.6 Å². The van der Waals surface area contributed by atoms with Gasteiger partial charge < -0.3 is 34.9 Å². The number of hydrogen-bond donors (Lipinski definition) is 4. The Morgan fingerprint density at radius 3 is 2.35 bits per heavy atom. The number of halogens is 1. The standard InChI is InChI=1S/C49H56FN9O10S2/c1-28-29(2)56-57-43(28)55-44-35-24-41(71(65,66)49(4,5)6)40(25-36(35)51-27-52-44)69-22-20-67-19-21-68-34-16-10-31(11-17-34)23-37(53-45(61)30(3)58(7)48(63)64)47(62)59-18-8-9-39(59)46-54-38(26-70-46)42(60)32-12-14-33(50)15-13-32/h10-17,24-27,30,37,39H,8-9,18-23H2,1-7H3,(H,53,61)(H,63,64)(H2,51,52,55,56,57)/t30-,37-,39-/m0/s1. The molecule has 0 spiro atoms. The minimum Gasteiger partial charge on any atom is -0.491 e. The number of aromatic nitrogens is 5. The first-order valence-electron chi connectivity index (χ1n) is 22.8. The van der Waals surface area contributed by atoms with Crippen LogP contribution in [-0.4, -0.2) is 129 Å². The van der Waals surface area contributed by atoms with Crippen molar-refractivity contribution in [1.82, 2.24) is 40.3 Å². The highest BCUT2D eigenvalue weighted by Crippen LogP contribution is 2.38. The van der Waals surface area contributed by atoms with Crippen molar-refractivity contribution < 1.29 is 51.3 Å². The summed E-state index contributed by atoms with van der Waals surface area (Å²) in [6, 6.07) is 12.6. The Bertz CT molecular complexity index is 3010. The second-order valence-electron chi connectivity index (χ2n) is 18.0. The van der Waals surface area contributed by atoms with Crippen molar-refractivity contribution in [2.24, 2.45) is 0 Å². The molecule has 4 N–H and O–H groups in total. The highest BCUT2D eigenvalue weighted by Gasteiger charge is 2.38. The lowest BCUT2D eigenvalue weighted by atomic mass is 10.0. The van der Waals surface area contributed by atoms with E-state index in [0.717, 1.165) is 16.2 Å². The van der Waals surface area contributed by atoms with Crippen LogP contribution in [0.1, 0.15) is 84.5 Å². The van der Waals surface area contributed by atoms with Gasteiger partial charge in [0.1, 0.15) is 70.4 Å². The summed E-state index contributed by atoms with van der Waals surface area (Å²) >= 11 is 1.24. The summed E-state index contributed by atoms with van der Waals surface area (Å²) in [6.45, 7) is 10.9.